The lowest BCUT2D eigenvalue weighted by Gasteiger charge is -2.06. The fourth-order valence-corrected chi connectivity index (χ4v) is 3.11. The summed E-state index contributed by atoms with van der Waals surface area (Å²) in [6, 6.07) is 15.3. The van der Waals surface area contributed by atoms with E-state index in [0.717, 1.165) is 21.9 Å². The molecule has 1 aromatic heterocycles. The summed E-state index contributed by atoms with van der Waals surface area (Å²) in [5.41, 5.74) is 1.83. The van der Waals surface area contributed by atoms with Crippen molar-refractivity contribution in [3.63, 3.8) is 0 Å². The van der Waals surface area contributed by atoms with Gasteiger partial charge in [-0.2, -0.15) is 0 Å². The quantitative estimate of drug-likeness (QED) is 0.582. The number of aromatic nitrogens is 2. The van der Waals surface area contributed by atoms with Crippen molar-refractivity contribution in [1.29, 1.82) is 0 Å². The smallest absolute Gasteiger partial charge is 0.277 e. The summed E-state index contributed by atoms with van der Waals surface area (Å²) in [6.07, 6.45) is 0. The van der Waals surface area contributed by atoms with E-state index in [9.17, 15) is 0 Å². The monoisotopic (exact) mass is 346 g/mol. The number of halogens is 1. The van der Waals surface area contributed by atoms with E-state index in [4.69, 9.17) is 20.8 Å². The maximum Gasteiger partial charge on any atom is 0.277 e. The van der Waals surface area contributed by atoms with Crippen LogP contribution in [0.4, 0.5) is 0 Å². The average molecular weight is 347 g/mol. The highest BCUT2D eigenvalue weighted by molar-refractivity contribution is 7.98. The Morgan fingerprint density at radius 3 is 2.70 bits per heavy atom. The molecule has 23 heavy (non-hydrogen) atoms. The molecule has 6 heteroatoms. The molecule has 0 saturated heterocycles. The second kappa shape index (κ2) is 7.53. The van der Waals surface area contributed by atoms with Gasteiger partial charge in [0.2, 0.25) is 0 Å². The Hall–Kier alpha value is -1.98. The van der Waals surface area contributed by atoms with E-state index in [-0.39, 0.29) is 0 Å². The van der Waals surface area contributed by atoms with Crippen LogP contribution in [0.15, 0.2) is 58.2 Å². The summed E-state index contributed by atoms with van der Waals surface area (Å²) in [4.78, 5) is 0. The van der Waals surface area contributed by atoms with Crippen LogP contribution in [0.2, 0.25) is 5.02 Å². The van der Waals surface area contributed by atoms with Crippen molar-refractivity contribution in [2.45, 2.75) is 17.9 Å². The highest BCUT2D eigenvalue weighted by atomic mass is 35.5. The van der Waals surface area contributed by atoms with E-state index < -0.39 is 0 Å². The third kappa shape index (κ3) is 3.86. The van der Waals surface area contributed by atoms with E-state index in [2.05, 4.69) is 10.2 Å². The maximum absolute atomic E-state index is 6.15. The summed E-state index contributed by atoms with van der Waals surface area (Å²) >= 11 is 7.61. The molecule has 0 saturated carbocycles. The Labute approximate surface area is 143 Å². The first-order chi connectivity index (χ1) is 11.3. The van der Waals surface area contributed by atoms with Gasteiger partial charge in [-0.1, -0.05) is 53.7 Å². The summed E-state index contributed by atoms with van der Waals surface area (Å²) in [7, 11) is 0. The topological polar surface area (TPSA) is 48.2 Å². The minimum Gasteiger partial charge on any atom is -0.493 e. The van der Waals surface area contributed by atoms with Gasteiger partial charge >= 0.3 is 0 Å². The first-order valence-corrected chi connectivity index (χ1v) is 8.56. The molecule has 3 aromatic rings. The van der Waals surface area contributed by atoms with E-state index in [0.29, 0.717) is 23.5 Å². The molecule has 0 unspecified atom stereocenters. The minimum absolute atomic E-state index is 0.454. The normalized spacial score (nSPS) is 10.7. The predicted octanol–water partition coefficient (Wildman–Crippen LogP) is 5.08. The molecule has 0 amide bonds. The molecule has 3 rings (SSSR count). The van der Waals surface area contributed by atoms with Gasteiger partial charge in [0.15, 0.2) is 0 Å². The molecule has 0 aliphatic rings. The lowest BCUT2D eigenvalue weighted by Crippen LogP contribution is -1.93. The van der Waals surface area contributed by atoms with Gasteiger partial charge in [0, 0.05) is 10.8 Å². The van der Waals surface area contributed by atoms with Crippen LogP contribution in [0.5, 0.6) is 5.75 Å². The molecule has 0 spiro atoms. The fraction of sp³-hybridized carbons (Fsp3) is 0.176. The van der Waals surface area contributed by atoms with E-state index in [1.807, 2.05) is 55.5 Å². The SMILES string of the molecule is CCOc1ccccc1-c1nnc(SCc2ccccc2Cl)o1. The Morgan fingerprint density at radius 2 is 1.87 bits per heavy atom. The van der Waals surface area contributed by atoms with E-state index in [1.165, 1.54) is 11.8 Å². The minimum atomic E-state index is 0.454. The van der Waals surface area contributed by atoms with Gasteiger partial charge in [0.05, 0.1) is 12.2 Å². The molecule has 2 aromatic carbocycles. The first kappa shape index (κ1) is 15.9. The van der Waals surface area contributed by atoms with Crippen molar-refractivity contribution in [3.05, 3.63) is 59.1 Å². The van der Waals surface area contributed by atoms with Gasteiger partial charge in [-0.05, 0) is 30.7 Å². The number of ether oxygens (including phenoxy) is 1. The zero-order valence-corrected chi connectivity index (χ0v) is 14.1. The number of thioether (sulfide) groups is 1. The molecule has 0 bridgehead atoms. The van der Waals surface area contributed by atoms with Gasteiger partial charge in [0.1, 0.15) is 5.75 Å². The molecular weight excluding hydrogens is 332 g/mol. The van der Waals surface area contributed by atoms with Gasteiger partial charge in [-0.15, -0.1) is 10.2 Å². The zero-order chi connectivity index (χ0) is 16.1. The molecule has 0 N–H and O–H groups in total. The maximum atomic E-state index is 6.15. The van der Waals surface area contributed by atoms with Gasteiger partial charge < -0.3 is 9.15 Å². The van der Waals surface area contributed by atoms with E-state index >= 15 is 0 Å². The highest BCUT2D eigenvalue weighted by Gasteiger charge is 2.14. The first-order valence-electron chi connectivity index (χ1n) is 7.20. The van der Waals surface area contributed by atoms with Crippen LogP contribution < -0.4 is 4.74 Å². The highest BCUT2D eigenvalue weighted by Crippen LogP contribution is 2.32. The van der Waals surface area contributed by atoms with E-state index in [1.54, 1.807) is 0 Å². The Kier molecular flexibility index (Phi) is 5.20. The lowest BCUT2D eigenvalue weighted by atomic mass is 10.2. The van der Waals surface area contributed by atoms with Crippen LogP contribution in [0.25, 0.3) is 11.5 Å². The van der Waals surface area contributed by atoms with Crippen LogP contribution in [-0.4, -0.2) is 16.8 Å². The van der Waals surface area contributed by atoms with Crippen molar-refractivity contribution in [1.82, 2.24) is 10.2 Å². The van der Waals surface area contributed by atoms with Gasteiger partial charge in [-0.25, -0.2) is 0 Å². The Morgan fingerprint density at radius 1 is 1.09 bits per heavy atom. The Bertz CT molecular complexity index is 792. The third-order valence-electron chi connectivity index (χ3n) is 3.13. The van der Waals surface area contributed by atoms with Crippen LogP contribution >= 0.6 is 23.4 Å². The average Bonchev–Trinajstić information content (AvgIpc) is 3.04. The largest absolute Gasteiger partial charge is 0.493 e. The zero-order valence-electron chi connectivity index (χ0n) is 12.5. The molecular formula is C17H15ClN2O2S. The summed E-state index contributed by atoms with van der Waals surface area (Å²) in [6.45, 7) is 2.52. The Balaban J connectivity index is 1.75. The second-order valence-electron chi connectivity index (χ2n) is 4.68. The third-order valence-corrected chi connectivity index (χ3v) is 4.37. The van der Waals surface area contributed by atoms with Crippen molar-refractivity contribution < 1.29 is 9.15 Å². The van der Waals surface area contributed by atoms with Crippen molar-refractivity contribution in [2.24, 2.45) is 0 Å². The van der Waals surface area contributed by atoms with Crippen molar-refractivity contribution in [2.75, 3.05) is 6.61 Å². The number of benzene rings is 2. The molecule has 0 atom stereocenters. The number of nitrogens with zero attached hydrogens (tertiary/aromatic N) is 2. The van der Waals surface area contributed by atoms with Crippen LogP contribution in [-0.2, 0) is 5.75 Å². The fourth-order valence-electron chi connectivity index (χ4n) is 2.06. The molecule has 0 aliphatic carbocycles. The molecule has 0 radical (unpaired) electrons. The second-order valence-corrected chi connectivity index (χ2v) is 6.02. The standard InChI is InChI=1S/C17H15ClN2O2S/c1-2-21-15-10-6-4-8-13(15)16-19-20-17(22-16)23-11-12-7-3-5-9-14(12)18/h3-10H,2,11H2,1H3. The number of para-hydroxylation sites is 1. The predicted molar refractivity (Wildman–Crippen MR) is 91.9 cm³/mol. The van der Waals surface area contributed by atoms with Crippen molar-refractivity contribution >= 4 is 23.4 Å². The molecule has 118 valence electrons. The summed E-state index contributed by atoms with van der Waals surface area (Å²) in [5.74, 6) is 1.87. The van der Waals surface area contributed by atoms with Crippen molar-refractivity contribution in [3.8, 4) is 17.2 Å². The van der Waals surface area contributed by atoms with Gasteiger partial charge in [-0.3, -0.25) is 0 Å². The molecule has 1 heterocycles. The van der Waals surface area contributed by atoms with Crippen LogP contribution in [0.3, 0.4) is 0 Å². The molecule has 0 aliphatic heterocycles. The number of hydrogen-bond acceptors (Lipinski definition) is 5. The number of hydrogen-bond donors (Lipinski definition) is 0. The number of rotatable bonds is 6. The summed E-state index contributed by atoms with van der Waals surface area (Å²) < 4.78 is 11.3. The molecule has 4 nitrogen and oxygen atoms in total. The van der Waals surface area contributed by atoms with Crippen LogP contribution in [0.1, 0.15) is 12.5 Å². The lowest BCUT2D eigenvalue weighted by molar-refractivity contribution is 0.340. The van der Waals surface area contributed by atoms with Crippen LogP contribution in [0, 0.1) is 0 Å². The molecule has 0 fully saturated rings. The van der Waals surface area contributed by atoms with Gasteiger partial charge in [0.25, 0.3) is 11.1 Å². The summed E-state index contributed by atoms with van der Waals surface area (Å²) in [5, 5.41) is 9.44.